The molecule has 0 bridgehead atoms. The van der Waals surface area contributed by atoms with Gasteiger partial charge in [0.05, 0.1) is 52.9 Å². The van der Waals surface area contributed by atoms with Crippen LogP contribution in [0.25, 0.3) is 0 Å². The molecule has 0 aliphatic carbocycles. The van der Waals surface area contributed by atoms with Crippen molar-refractivity contribution in [1.82, 2.24) is 10.6 Å². The van der Waals surface area contributed by atoms with Crippen LogP contribution in [0.4, 0.5) is 0 Å². The number of nitrogens with one attached hydrogen (secondary N) is 2. The molecule has 8 aliphatic heterocycles. The first kappa shape index (κ1) is 78.1. The summed E-state index contributed by atoms with van der Waals surface area (Å²) in [6.07, 6.45) is -75.9. The van der Waals surface area contributed by atoms with Gasteiger partial charge in [-0.2, -0.15) is 0 Å². The number of hydrogen-bond donors (Lipinski definition) is 26. The van der Waals surface area contributed by atoms with E-state index >= 15 is 0 Å². The summed E-state index contributed by atoms with van der Waals surface area (Å²) in [6.45, 7) is -6.29. The van der Waals surface area contributed by atoms with Crippen LogP contribution in [0, 0.1) is 0 Å². The maximum Gasteiger partial charge on any atom is 0.217 e. The molecule has 8 saturated heterocycles. The lowest BCUT2D eigenvalue weighted by molar-refractivity contribution is -0.389. The van der Waals surface area contributed by atoms with Gasteiger partial charge >= 0.3 is 0 Å². The first-order valence-corrected chi connectivity index (χ1v) is 30.1. The lowest BCUT2D eigenvalue weighted by Crippen LogP contribution is -2.70. The Morgan fingerprint density at radius 3 is 0.916 bits per heavy atom. The summed E-state index contributed by atoms with van der Waals surface area (Å²) in [4.78, 5) is 25.7. The molecule has 0 aromatic rings. The van der Waals surface area contributed by atoms with E-state index in [1.165, 1.54) is 0 Å². The second-order valence-corrected chi connectivity index (χ2v) is 23.9. The minimum absolute atomic E-state index is 0.895. The van der Waals surface area contributed by atoms with Crippen molar-refractivity contribution in [3.63, 3.8) is 0 Å². The van der Waals surface area contributed by atoms with Gasteiger partial charge in [0.2, 0.25) is 11.8 Å². The molecular weight excluding hydrogens is 1310 g/mol. The monoisotopic (exact) mass is 1400 g/mol. The van der Waals surface area contributed by atoms with Crippen molar-refractivity contribution in [2.75, 3.05) is 52.9 Å². The summed E-state index contributed by atoms with van der Waals surface area (Å²) in [7, 11) is 0. The summed E-state index contributed by atoms with van der Waals surface area (Å²) in [5.41, 5.74) is 0. The van der Waals surface area contributed by atoms with Crippen LogP contribution < -0.4 is 10.6 Å². The van der Waals surface area contributed by atoms with Crippen LogP contribution in [-0.4, -0.2) is 433 Å². The van der Waals surface area contributed by atoms with E-state index in [1.54, 1.807) is 0 Å². The van der Waals surface area contributed by atoms with Crippen LogP contribution in [0.3, 0.4) is 0 Å². The molecule has 552 valence electrons. The molecule has 8 aliphatic rings. The lowest BCUT2D eigenvalue weighted by Gasteiger charge is -2.50. The molecule has 43 nitrogen and oxygen atoms in total. The van der Waals surface area contributed by atoms with Crippen molar-refractivity contribution in [2.45, 2.75) is 259 Å². The standard InChI is InChI=1S/C52H88N2O41/c1-11(62)53-21-28(69)39(90-50-36(77)42(25(66)15(5-57)85-50)94-48-34(75)30(71)23(64)13(3-55)83-48)18(8-60)87-46(21)81-10-20-27(68)44(38(79)52(89-20)92-41-17(7-59)82-45(80)33(74)32(41)73)93-47-22(54-12(2)63)29(70)40(19(9-61)88-47)91-51-37(78)43(26(67)16(6-58)86-51)95-49-35(76)31(72)24(65)14(4-56)84-49/h13-52,55-61,64-80H,3-10H2,1-2H3,(H,53,62)(H,54,63)/t13-,14-,15-,16-,17-,18-,19-,20-,21-,22-,23+,24+,25+,26+,27+,28-,29-,30+,31+,32-,33-,34-,35-,36-,37-,38-,39-,40-,41-,42+,43+,44+,45?,46-,47+,48-,49-,50+,51+,52+/m1/s1. The van der Waals surface area contributed by atoms with Gasteiger partial charge in [0.25, 0.3) is 0 Å². The largest absolute Gasteiger partial charge is 0.394 e. The number of ether oxygens (including phenoxy) is 15. The van der Waals surface area contributed by atoms with Crippen LogP contribution in [0.15, 0.2) is 0 Å². The van der Waals surface area contributed by atoms with Crippen LogP contribution in [0.1, 0.15) is 13.8 Å². The van der Waals surface area contributed by atoms with Crippen LogP contribution in [0.5, 0.6) is 0 Å². The number of rotatable bonds is 24. The molecule has 95 heavy (non-hydrogen) atoms. The average Bonchev–Trinajstić information content (AvgIpc) is 0.779. The van der Waals surface area contributed by atoms with E-state index in [9.17, 15) is 132 Å². The van der Waals surface area contributed by atoms with Crippen LogP contribution >= 0.6 is 0 Å². The van der Waals surface area contributed by atoms with E-state index in [0.29, 0.717) is 0 Å². The first-order valence-electron chi connectivity index (χ1n) is 30.1. The molecule has 0 radical (unpaired) electrons. The maximum absolute atomic E-state index is 12.9. The van der Waals surface area contributed by atoms with E-state index in [-0.39, 0.29) is 0 Å². The zero-order chi connectivity index (χ0) is 69.9. The molecule has 1 unspecified atom stereocenters. The number of aliphatic hydroxyl groups excluding tert-OH is 24. The van der Waals surface area contributed by atoms with Gasteiger partial charge in [0, 0.05) is 13.8 Å². The predicted molar refractivity (Wildman–Crippen MR) is 288 cm³/mol. The van der Waals surface area contributed by atoms with Gasteiger partial charge in [-0.1, -0.05) is 0 Å². The van der Waals surface area contributed by atoms with Crippen LogP contribution in [0.2, 0.25) is 0 Å². The van der Waals surface area contributed by atoms with Gasteiger partial charge in [-0.25, -0.2) is 0 Å². The molecule has 43 heteroatoms. The number of hydrogen-bond acceptors (Lipinski definition) is 41. The van der Waals surface area contributed by atoms with Gasteiger partial charge < -0.3 is 204 Å². The molecule has 40 atom stereocenters. The van der Waals surface area contributed by atoms with Crippen molar-refractivity contribution >= 4 is 11.8 Å². The number of carbonyl (C=O) groups excluding carboxylic acids is 2. The van der Waals surface area contributed by atoms with Gasteiger partial charge in [0.15, 0.2) is 50.3 Å². The molecule has 8 rings (SSSR count). The minimum Gasteiger partial charge on any atom is -0.394 e. The highest BCUT2D eigenvalue weighted by Crippen LogP contribution is 2.38. The van der Waals surface area contributed by atoms with E-state index < -0.39 is 310 Å². The number of aliphatic hydroxyl groups is 24. The van der Waals surface area contributed by atoms with E-state index in [0.717, 1.165) is 13.8 Å². The molecular formula is C52H88N2O41. The predicted octanol–water partition coefficient (Wildman–Crippen LogP) is -18.2. The Kier molecular flexibility index (Phi) is 27.9. The Morgan fingerprint density at radius 1 is 0.274 bits per heavy atom. The third-order valence-electron chi connectivity index (χ3n) is 17.4. The topological polar surface area (TPSA) is 682 Å². The highest BCUT2D eigenvalue weighted by molar-refractivity contribution is 5.73. The zero-order valence-electron chi connectivity index (χ0n) is 50.4. The molecule has 0 spiro atoms. The van der Waals surface area contributed by atoms with Crippen molar-refractivity contribution in [1.29, 1.82) is 0 Å². The first-order chi connectivity index (χ1) is 45.0. The molecule has 0 aromatic carbocycles. The molecule has 2 amide bonds. The lowest BCUT2D eigenvalue weighted by atomic mass is 9.94. The van der Waals surface area contributed by atoms with Crippen molar-refractivity contribution in [3.8, 4) is 0 Å². The molecule has 0 aromatic heterocycles. The second-order valence-electron chi connectivity index (χ2n) is 23.9. The second kappa shape index (κ2) is 33.9. The van der Waals surface area contributed by atoms with Crippen molar-refractivity contribution in [2.24, 2.45) is 0 Å². The highest BCUT2D eigenvalue weighted by Gasteiger charge is 2.59. The summed E-state index contributed by atoms with van der Waals surface area (Å²) in [6, 6.07) is -3.76. The summed E-state index contributed by atoms with van der Waals surface area (Å²) < 4.78 is 86.1. The quantitative estimate of drug-likeness (QED) is 0.0427. The summed E-state index contributed by atoms with van der Waals surface area (Å²) >= 11 is 0. The van der Waals surface area contributed by atoms with Crippen molar-refractivity contribution < 1.29 is 203 Å². The van der Waals surface area contributed by atoms with E-state index in [2.05, 4.69) is 10.6 Å². The average molecular weight is 1400 g/mol. The number of amides is 2. The Labute approximate surface area is 536 Å². The van der Waals surface area contributed by atoms with Gasteiger partial charge in [-0.05, 0) is 0 Å². The van der Waals surface area contributed by atoms with Gasteiger partial charge in [-0.3, -0.25) is 9.59 Å². The van der Waals surface area contributed by atoms with E-state index in [4.69, 9.17) is 71.1 Å². The Balaban J connectivity index is 1.03. The fraction of sp³-hybridized carbons (Fsp3) is 0.962. The summed E-state index contributed by atoms with van der Waals surface area (Å²) in [5, 5.41) is 264. The fourth-order valence-corrected chi connectivity index (χ4v) is 12.2. The fourth-order valence-electron chi connectivity index (χ4n) is 12.2. The van der Waals surface area contributed by atoms with Gasteiger partial charge in [0.1, 0.15) is 195 Å². The third kappa shape index (κ3) is 16.8. The Hall–Kier alpha value is -2.62. The van der Waals surface area contributed by atoms with Crippen molar-refractivity contribution in [3.05, 3.63) is 0 Å². The van der Waals surface area contributed by atoms with E-state index in [1.807, 2.05) is 0 Å². The number of carbonyl (C=O) groups is 2. The van der Waals surface area contributed by atoms with Crippen LogP contribution in [-0.2, 0) is 80.6 Å². The normalized spacial score (nSPS) is 50.8. The zero-order valence-corrected chi connectivity index (χ0v) is 50.4. The highest BCUT2D eigenvalue weighted by atomic mass is 16.8. The molecule has 0 saturated carbocycles. The molecule has 26 N–H and O–H groups in total. The molecule has 8 fully saturated rings. The summed E-state index contributed by atoms with van der Waals surface area (Å²) in [5.74, 6) is -1.84. The Bertz CT molecular complexity index is 2380. The van der Waals surface area contributed by atoms with Gasteiger partial charge in [-0.15, -0.1) is 0 Å². The molecule has 8 heterocycles. The minimum atomic E-state index is -2.37. The maximum atomic E-state index is 12.9. The SMILES string of the molecule is CC(=O)N[C@H]1[C@H](OC[C@H]2O[C@@H](O[C@H]3[C@H](O)[C@@H](O)C(O)O[C@@H]3CO)[C@H](O)[C@@H](O[C@@H]3O[C@H](CO)[C@@H](O[C@@H]4O[C@H](CO)[C@H](O)[C@H](O[C@H]5O[C@H](CO)[C@H](O)[C@H](O)[C@H]5O)[C@H]4O)[C@H](O)[C@H]3NC(C)=O)[C@H]2O)O[C@H](CO)[C@@H](O[C@@H]2O[C@H](CO)[C@H](O)[C@H](O[C@H]3O[C@H](CO)[C@H](O)[C@H](O)[C@H]3O)[C@H]2O)[C@@H]1O. The Morgan fingerprint density at radius 2 is 0.547 bits per heavy atom. The smallest absolute Gasteiger partial charge is 0.217 e. The third-order valence-corrected chi connectivity index (χ3v) is 17.4.